The van der Waals surface area contributed by atoms with Crippen molar-refractivity contribution in [3.63, 3.8) is 0 Å². The summed E-state index contributed by atoms with van der Waals surface area (Å²) in [6, 6.07) is 13.0. The summed E-state index contributed by atoms with van der Waals surface area (Å²) in [5, 5.41) is 0. The Morgan fingerprint density at radius 3 is 2.52 bits per heavy atom. The molecule has 3 nitrogen and oxygen atoms in total. The summed E-state index contributed by atoms with van der Waals surface area (Å²) in [4.78, 5) is 4.05. The van der Waals surface area contributed by atoms with Gasteiger partial charge < -0.3 is 9.30 Å². The number of halogens is 3. The molecule has 0 saturated heterocycles. The van der Waals surface area contributed by atoms with Crippen LogP contribution in [0.5, 0.6) is 0 Å². The van der Waals surface area contributed by atoms with E-state index in [1.807, 2.05) is 35.0 Å². The number of benzene rings is 2. The highest BCUT2D eigenvalue weighted by atomic mass is 19.4. The predicted octanol–water partition coefficient (Wildman–Crippen LogP) is 4.38. The molecule has 0 N–H and O–H groups in total. The summed E-state index contributed by atoms with van der Waals surface area (Å²) < 4.78 is 46.7. The molecule has 6 heteroatoms. The molecule has 1 aromatic heterocycles. The third-order valence-electron chi connectivity index (χ3n) is 4.57. The number of alkyl halides is 3. The summed E-state index contributed by atoms with van der Waals surface area (Å²) in [7, 11) is 0. The Morgan fingerprint density at radius 1 is 1.08 bits per heavy atom. The topological polar surface area (TPSA) is 27.1 Å². The van der Waals surface area contributed by atoms with E-state index < -0.39 is 17.3 Å². The zero-order valence-electron chi connectivity index (χ0n) is 13.2. The van der Waals surface area contributed by atoms with E-state index in [2.05, 4.69) is 4.98 Å². The summed E-state index contributed by atoms with van der Waals surface area (Å²) >= 11 is 0. The van der Waals surface area contributed by atoms with Crippen molar-refractivity contribution < 1.29 is 17.9 Å². The number of ether oxygens (including phenoxy) is 1. The molecule has 2 heterocycles. The van der Waals surface area contributed by atoms with Crippen LogP contribution in [0, 0.1) is 0 Å². The molecular formula is C19H15F3N2O. The van der Waals surface area contributed by atoms with E-state index in [0.717, 1.165) is 23.3 Å². The molecule has 1 atom stereocenters. The van der Waals surface area contributed by atoms with Gasteiger partial charge in [-0.3, -0.25) is 0 Å². The second kappa shape index (κ2) is 5.74. The lowest BCUT2D eigenvalue weighted by molar-refractivity contribution is -0.137. The Balaban J connectivity index is 1.82. The third-order valence-corrected chi connectivity index (χ3v) is 4.57. The first-order valence-electron chi connectivity index (χ1n) is 7.85. The van der Waals surface area contributed by atoms with E-state index in [1.54, 1.807) is 12.5 Å². The van der Waals surface area contributed by atoms with Gasteiger partial charge in [-0.2, -0.15) is 13.2 Å². The Morgan fingerprint density at radius 2 is 1.84 bits per heavy atom. The second-order valence-electron chi connectivity index (χ2n) is 6.08. The fraction of sp³-hybridized carbons (Fsp3) is 0.211. The quantitative estimate of drug-likeness (QED) is 0.705. The zero-order chi connectivity index (χ0) is 17.5. The van der Waals surface area contributed by atoms with Crippen molar-refractivity contribution in [2.45, 2.75) is 24.9 Å². The average molecular weight is 344 g/mol. The van der Waals surface area contributed by atoms with Gasteiger partial charge in [0.25, 0.3) is 0 Å². The molecule has 0 fully saturated rings. The predicted molar refractivity (Wildman–Crippen MR) is 85.7 cm³/mol. The Kier molecular flexibility index (Phi) is 3.65. The number of rotatable bonds is 3. The van der Waals surface area contributed by atoms with Gasteiger partial charge in [0.2, 0.25) is 0 Å². The molecule has 1 unspecified atom stereocenters. The smallest absolute Gasteiger partial charge is 0.359 e. The van der Waals surface area contributed by atoms with Gasteiger partial charge in [-0.15, -0.1) is 0 Å². The van der Waals surface area contributed by atoms with Gasteiger partial charge in [-0.1, -0.05) is 36.4 Å². The molecule has 25 heavy (non-hydrogen) atoms. The molecule has 0 saturated carbocycles. The van der Waals surface area contributed by atoms with Gasteiger partial charge >= 0.3 is 6.18 Å². The molecule has 0 spiro atoms. The van der Waals surface area contributed by atoms with Crippen LogP contribution >= 0.6 is 0 Å². The standard InChI is InChI=1S/C19H15F3N2O/c20-19(21,22)16-7-5-15(6-8-16)18(12-24-10-9-23-13-24)17-4-2-1-3-14(17)11-25-18/h1-10,13H,11-12H2. The maximum atomic E-state index is 12.9. The molecule has 4 rings (SSSR count). The van der Waals surface area contributed by atoms with Crippen molar-refractivity contribution in [2.75, 3.05) is 0 Å². The maximum absolute atomic E-state index is 12.9. The largest absolute Gasteiger partial charge is 0.416 e. The number of fused-ring (bicyclic) bond motifs is 1. The summed E-state index contributed by atoms with van der Waals surface area (Å²) in [5.41, 5.74) is 1.21. The summed E-state index contributed by atoms with van der Waals surface area (Å²) in [5.74, 6) is 0. The Labute approximate surface area is 142 Å². The van der Waals surface area contributed by atoms with Gasteiger partial charge in [0.1, 0.15) is 5.60 Å². The Hall–Kier alpha value is -2.60. The van der Waals surface area contributed by atoms with Crippen LogP contribution in [-0.4, -0.2) is 9.55 Å². The first-order chi connectivity index (χ1) is 12.0. The van der Waals surface area contributed by atoms with E-state index >= 15 is 0 Å². The monoisotopic (exact) mass is 344 g/mol. The van der Waals surface area contributed by atoms with Gasteiger partial charge in [0, 0.05) is 12.4 Å². The van der Waals surface area contributed by atoms with Crippen molar-refractivity contribution in [1.29, 1.82) is 0 Å². The molecule has 1 aliphatic rings. The van der Waals surface area contributed by atoms with E-state index in [0.29, 0.717) is 18.7 Å². The minimum absolute atomic E-state index is 0.423. The van der Waals surface area contributed by atoms with E-state index in [4.69, 9.17) is 4.74 Å². The number of nitrogens with zero attached hydrogens (tertiary/aromatic N) is 2. The highest BCUT2D eigenvalue weighted by Crippen LogP contribution is 2.44. The molecule has 3 aromatic rings. The van der Waals surface area contributed by atoms with Crippen LogP contribution in [0.3, 0.4) is 0 Å². The van der Waals surface area contributed by atoms with Gasteiger partial charge in [0.15, 0.2) is 0 Å². The molecule has 2 aromatic carbocycles. The molecule has 0 amide bonds. The van der Waals surface area contributed by atoms with Crippen molar-refractivity contribution in [1.82, 2.24) is 9.55 Å². The van der Waals surface area contributed by atoms with Crippen molar-refractivity contribution >= 4 is 0 Å². The van der Waals surface area contributed by atoms with Crippen molar-refractivity contribution in [3.05, 3.63) is 89.5 Å². The normalized spacial score (nSPS) is 19.8. The van der Waals surface area contributed by atoms with Gasteiger partial charge in [-0.25, -0.2) is 4.98 Å². The fourth-order valence-electron chi connectivity index (χ4n) is 3.35. The molecule has 0 radical (unpaired) electrons. The minimum atomic E-state index is -4.36. The van der Waals surface area contributed by atoms with Gasteiger partial charge in [-0.05, 0) is 28.8 Å². The fourth-order valence-corrected chi connectivity index (χ4v) is 3.35. The second-order valence-corrected chi connectivity index (χ2v) is 6.08. The maximum Gasteiger partial charge on any atom is 0.416 e. The van der Waals surface area contributed by atoms with E-state index in [-0.39, 0.29) is 0 Å². The van der Waals surface area contributed by atoms with Gasteiger partial charge in [0.05, 0.1) is 25.0 Å². The average Bonchev–Trinajstić information content (AvgIpc) is 3.24. The number of hydrogen-bond acceptors (Lipinski definition) is 2. The van der Waals surface area contributed by atoms with E-state index in [1.165, 1.54) is 12.1 Å². The van der Waals surface area contributed by atoms with Crippen molar-refractivity contribution in [2.24, 2.45) is 0 Å². The van der Waals surface area contributed by atoms with Crippen LogP contribution in [0.2, 0.25) is 0 Å². The van der Waals surface area contributed by atoms with Crippen LogP contribution in [0.4, 0.5) is 13.2 Å². The number of hydrogen-bond donors (Lipinski definition) is 0. The number of imidazole rings is 1. The highest BCUT2D eigenvalue weighted by molar-refractivity contribution is 5.44. The molecule has 0 aliphatic carbocycles. The minimum Gasteiger partial charge on any atom is -0.359 e. The molecule has 0 bridgehead atoms. The summed E-state index contributed by atoms with van der Waals surface area (Å²) in [6.45, 7) is 0.862. The van der Waals surface area contributed by atoms with Crippen LogP contribution < -0.4 is 0 Å². The van der Waals surface area contributed by atoms with Crippen LogP contribution in [0.15, 0.2) is 67.3 Å². The first kappa shape index (κ1) is 15.9. The molecule has 128 valence electrons. The van der Waals surface area contributed by atoms with Crippen molar-refractivity contribution in [3.8, 4) is 0 Å². The molecule has 1 aliphatic heterocycles. The van der Waals surface area contributed by atoms with Crippen LogP contribution in [0.1, 0.15) is 22.3 Å². The van der Waals surface area contributed by atoms with Crippen LogP contribution in [-0.2, 0) is 29.7 Å². The molecular weight excluding hydrogens is 329 g/mol. The lowest BCUT2D eigenvalue weighted by atomic mass is 9.85. The SMILES string of the molecule is FC(F)(F)c1ccc(C2(Cn3ccnc3)OCc3ccccc32)cc1. The lowest BCUT2D eigenvalue weighted by Gasteiger charge is -2.31. The highest BCUT2D eigenvalue weighted by Gasteiger charge is 2.42. The zero-order valence-corrected chi connectivity index (χ0v) is 13.2. The van der Waals surface area contributed by atoms with Crippen LogP contribution in [0.25, 0.3) is 0 Å². The number of aromatic nitrogens is 2. The third kappa shape index (κ3) is 2.72. The summed E-state index contributed by atoms with van der Waals surface area (Å²) in [6.07, 6.45) is 0.804. The Bertz CT molecular complexity index is 872. The lowest BCUT2D eigenvalue weighted by Crippen LogP contribution is -2.32. The van der Waals surface area contributed by atoms with E-state index in [9.17, 15) is 13.2 Å². The first-order valence-corrected chi connectivity index (χ1v) is 7.85.